The molecule has 1 N–H and O–H groups in total. The normalized spacial score (nSPS) is 15.0. The predicted molar refractivity (Wildman–Crippen MR) is 109 cm³/mol. The highest BCUT2D eigenvalue weighted by molar-refractivity contribution is 5.94. The molecule has 6 nitrogen and oxygen atoms in total. The number of para-hydroxylation sites is 2. The lowest BCUT2D eigenvalue weighted by Gasteiger charge is -2.30. The first-order valence-electron chi connectivity index (χ1n) is 9.84. The number of nitrogens with zero attached hydrogens (tertiary/aromatic N) is 2. The van der Waals surface area contributed by atoms with Crippen molar-refractivity contribution in [2.24, 2.45) is 5.92 Å². The number of carbonyl (C=O) groups is 1. The number of nitrogens with one attached hydrogen (secondary N) is 1. The Hall–Kier alpha value is -3.02. The van der Waals surface area contributed by atoms with E-state index in [1.54, 1.807) is 12.1 Å². The van der Waals surface area contributed by atoms with E-state index in [-0.39, 0.29) is 5.91 Å². The number of carbonyl (C=O) groups excluding carboxylic acids is 1. The molecule has 6 heteroatoms. The van der Waals surface area contributed by atoms with Crippen LogP contribution in [0.25, 0.3) is 11.1 Å². The van der Waals surface area contributed by atoms with E-state index in [1.165, 1.54) is 0 Å². The van der Waals surface area contributed by atoms with Crippen LogP contribution >= 0.6 is 0 Å². The third-order valence-corrected chi connectivity index (χ3v) is 5.15. The number of hydrogen-bond donors (Lipinski definition) is 1. The van der Waals surface area contributed by atoms with Gasteiger partial charge in [-0.15, -0.1) is 0 Å². The zero-order chi connectivity index (χ0) is 19.3. The average Bonchev–Trinajstić information content (AvgIpc) is 3.17. The molecule has 28 heavy (non-hydrogen) atoms. The van der Waals surface area contributed by atoms with E-state index >= 15 is 0 Å². The highest BCUT2D eigenvalue weighted by atomic mass is 16.5. The van der Waals surface area contributed by atoms with E-state index in [1.807, 2.05) is 43.3 Å². The van der Waals surface area contributed by atoms with Gasteiger partial charge in [0.25, 0.3) is 11.9 Å². The van der Waals surface area contributed by atoms with Crippen molar-refractivity contribution in [2.45, 2.75) is 19.8 Å². The van der Waals surface area contributed by atoms with Crippen molar-refractivity contribution in [1.82, 2.24) is 10.3 Å². The zero-order valence-electron chi connectivity index (χ0n) is 16.1. The first kappa shape index (κ1) is 18.3. The van der Waals surface area contributed by atoms with Crippen molar-refractivity contribution in [3.8, 4) is 5.75 Å². The van der Waals surface area contributed by atoms with Gasteiger partial charge in [0.15, 0.2) is 5.58 Å². The number of rotatable bonds is 6. The molecule has 0 spiro atoms. The molecular weight excluding hydrogens is 354 g/mol. The van der Waals surface area contributed by atoms with Crippen LogP contribution in [0.3, 0.4) is 0 Å². The van der Waals surface area contributed by atoms with E-state index < -0.39 is 0 Å². The monoisotopic (exact) mass is 379 g/mol. The lowest BCUT2D eigenvalue weighted by atomic mass is 9.97. The van der Waals surface area contributed by atoms with Crippen LogP contribution in [0.4, 0.5) is 6.01 Å². The second kappa shape index (κ2) is 8.33. The molecule has 1 aliphatic heterocycles. The maximum absolute atomic E-state index is 12.4. The van der Waals surface area contributed by atoms with Gasteiger partial charge in [0.1, 0.15) is 11.3 Å². The Morgan fingerprint density at radius 1 is 1.18 bits per heavy atom. The second-order valence-corrected chi connectivity index (χ2v) is 7.06. The Bertz CT molecular complexity index is 895. The largest absolute Gasteiger partial charge is 0.494 e. The number of piperidine rings is 1. The molecule has 3 aromatic rings. The predicted octanol–water partition coefficient (Wildman–Crippen LogP) is 3.87. The van der Waals surface area contributed by atoms with Gasteiger partial charge in [-0.3, -0.25) is 4.79 Å². The summed E-state index contributed by atoms with van der Waals surface area (Å²) in [5.41, 5.74) is 2.37. The highest BCUT2D eigenvalue weighted by Gasteiger charge is 2.23. The summed E-state index contributed by atoms with van der Waals surface area (Å²) in [5, 5.41) is 3.06. The van der Waals surface area contributed by atoms with Gasteiger partial charge in [-0.05, 0) is 62.1 Å². The van der Waals surface area contributed by atoms with Gasteiger partial charge < -0.3 is 19.4 Å². The average molecular weight is 379 g/mol. The number of oxazole rings is 1. The number of benzene rings is 2. The smallest absolute Gasteiger partial charge is 0.298 e. The molecule has 1 amide bonds. The molecule has 1 saturated heterocycles. The number of anilines is 1. The van der Waals surface area contributed by atoms with E-state index in [2.05, 4.69) is 15.2 Å². The SMILES string of the molecule is CCOc1ccc(C(=O)NCC2CCN(c3nc4ccccc4o3)CC2)cc1. The molecule has 0 saturated carbocycles. The number of amides is 1. The summed E-state index contributed by atoms with van der Waals surface area (Å²) in [5.74, 6) is 1.21. The molecule has 0 aliphatic carbocycles. The van der Waals surface area contributed by atoms with E-state index in [0.717, 1.165) is 42.8 Å². The van der Waals surface area contributed by atoms with Gasteiger partial charge in [-0.1, -0.05) is 12.1 Å². The van der Waals surface area contributed by atoms with Crippen LogP contribution in [-0.4, -0.2) is 37.1 Å². The topological polar surface area (TPSA) is 67.6 Å². The van der Waals surface area contributed by atoms with Gasteiger partial charge in [-0.2, -0.15) is 4.98 Å². The van der Waals surface area contributed by atoms with Gasteiger partial charge >= 0.3 is 0 Å². The van der Waals surface area contributed by atoms with Crippen LogP contribution in [0.15, 0.2) is 52.9 Å². The molecule has 146 valence electrons. The molecule has 1 fully saturated rings. The summed E-state index contributed by atoms with van der Waals surface area (Å²) in [7, 11) is 0. The molecule has 2 aromatic carbocycles. The maximum atomic E-state index is 12.4. The standard InChI is InChI=1S/C22H25N3O3/c1-2-27-18-9-7-17(8-10-18)21(26)23-15-16-11-13-25(14-12-16)22-24-19-5-3-4-6-20(19)28-22/h3-10,16H,2,11-15H2,1H3,(H,23,26). The fourth-order valence-electron chi connectivity index (χ4n) is 3.53. The fraction of sp³-hybridized carbons (Fsp3) is 0.364. The minimum Gasteiger partial charge on any atom is -0.494 e. The van der Waals surface area contributed by atoms with Crippen LogP contribution < -0.4 is 15.0 Å². The molecule has 0 bridgehead atoms. The van der Waals surface area contributed by atoms with Crippen LogP contribution in [-0.2, 0) is 0 Å². The highest BCUT2D eigenvalue weighted by Crippen LogP contribution is 2.26. The molecule has 0 unspecified atom stereocenters. The van der Waals surface area contributed by atoms with Crippen molar-refractivity contribution in [2.75, 3.05) is 31.1 Å². The van der Waals surface area contributed by atoms with Crippen LogP contribution in [0.1, 0.15) is 30.1 Å². The van der Waals surface area contributed by atoms with Gasteiger partial charge in [-0.25, -0.2) is 0 Å². The lowest BCUT2D eigenvalue weighted by Crippen LogP contribution is -2.38. The van der Waals surface area contributed by atoms with Crippen LogP contribution in [0, 0.1) is 5.92 Å². The summed E-state index contributed by atoms with van der Waals surface area (Å²) >= 11 is 0. The van der Waals surface area contributed by atoms with Crippen molar-refractivity contribution in [1.29, 1.82) is 0 Å². The summed E-state index contributed by atoms with van der Waals surface area (Å²) in [4.78, 5) is 19.1. The van der Waals surface area contributed by atoms with Crippen molar-refractivity contribution < 1.29 is 13.9 Å². The van der Waals surface area contributed by atoms with Gasteiger partial charge in [0.05, 0.1) is 6.61 Å². The van der Waals surface area contributed by atoms with Crippen LogP contribution in [0.2, 0.25) is 0 Å². The Kier molecular flexibility index (Phi) is 5.46. The third-order valence-electron chi connectivity index (χ3n) is 5.15. The van der Waals surface area contributed by atoms with E-state index in [0.29, 0.717) is 30.6 Å². The number of fused-ring (bicyclic) bond motifs is 1. The molecule has 2 heterocycles. The third kappa shape index (κ3) is 4.11. The zero-order valence-corrected chi connectivity index (χ0v) is 16.1. The molecular formula is C22H25N3O3. The molecule has 1 aliphatic rings. The molecule has 0 radical (unpaired) electrons. The Balaban J connectivity index is 1.26. The second-order valence-electron chi connectivity index (χ2n) is 7.06. The minimum absolute atomic E-state index is 0.0376. The van der Waals surface area contributed by atoms with Crippen LogP contribution in [0.5, 0.6) is 5.75 Å². The molecule has 1 aromatic heterocycles. The van der Waals surface area contributed by atoms with Crippen molar-refractivity contribution >= 4 is 23.0 Å². The summed E-state index contributed by atoms with van der Waals surface area (Å²) in [6, 6.07) is 15.8. The van der Waals surface area contributed by atoms with Crippen molar-refractivity contribution in [3.05, 3.63) is 54.1 Å². The summed E-state index contributed by atoms with van der Waals surface area (Å²) in [6.45, 7) is 5.02. The summed E-state index contributed by atoms with van der Waals surface area (Å²) in [6.07, 6.45) is 2.00. The first-order valence-corrected chi connectivity index (χ1v) is 9.84. The number of ether oxygens (including phenoxy) is 1. The Morgan fingerprint density at radius 3 is 2.64 bits per heavy atom. The van der Waals surface area contributed by atoms with Crippen molar-refractivity contribution in [3.63, 3.8) is 0 Å². The number of aromatic nitrogens is 1. The number of hydrogen-bond acceptors (Lipinski definition) is 5. The Morgan fingerprint density at radius 2 is 1.93 bits per heavy atom. The molecule has 0 atom stereocenters. The first-order chi connectivity index (χ1) is 13.7. The Labute approximate surface area is 164 Å². The minimum atomic E-state index is -0.0376. The fourth-order valence-corrected chi connectivity index (χ4v) is 3.53. The van der Waals surface area contributed by atoms with E-state index in [9.17, 15) is 4.79 Å². The van der Waals surface area contributed by atoms with E-state index in [4.69, 9.17) is 9.15 Å². The maximum Gasteiger partial charge on any atom is 0.298 e. The van der Waals surface area contributed by atoms with Gasteiger partial charge in [0.2, 0.25) is 0 Å². The molecule has 4 rings (SSSR count). The lowest BCUT2D eigenvalue weighted by molar-refractivity contribution is 0.0944. The quantitative estimate of drug-likeness (QED) is 0.704. The summed E-state index contributed by atoms with van der Waals surface area (Å²) < 4.78 is 11.3. The van der Waals surface area contributed by atoms with Gasteiger partial charge in [0, 0.05) is 25.2 Å².